The van der Waals surface area contributed by atoms with Crippen molar-refractivity contribution in [1.82, 2.24) is 4.90 Å². The molecular weight excluding hydrogens is 230 g/mol. The third-order valence-corrected chi connectivity index (χ3v) is 3.02. The van der Waals surface area contributed by atoms with Crippen LogP contribution in [0.5, 0.6) is 5.75 Å². The Kier molecular flexibility index (Phi) is 4.20. The number of nitrogens with zero attached hydrogens (tertiary/aromatic N) is 1. The molecule has 1 heterocycles. The van der Waals surface area contributed by atoms with Gasteiger partial charge in [0.05, 0.1) is 19.8 Å². The normalized spacial score (nSPS) is 15.6. The molecule has 1 aliphatic rings. The van der Waals surface area contributed by atoms with Crippen LogP contribution in [-0.2, 0) is 4.74 Å². The molecule has 0 saturated carbocycles. The number of hydrogen-bond donors (Lipinski definition) is 0. The zero-order valence-electron chi connectivity index (χ0n) is 10.9. The molecule has 4 heteroatoms. The number of rotatable bonds is 3. The second kappa shape index (κ2) is 5.87. The summed E-state index contributed by atoms with van der Waals surface area (Å²) in [6, 6.07) is 5.59. The number of carbonyl (C=O) groups excluding carboxylic acids is 1. The minimum atomic E-state index is 0.0736. The highest BCUT2D eigenvalue weighted by Crippen LogP contribution is 2.20. The Morgan fingerprint density at radius 3 is 2.72 bits per heavy atom. The molecule has 0 radical (unpaired) electrons. The van der Waals surface area contributed by atoms with Crippen molar-refractivity contribution in [2.45, 2.75) is 13.8 Å². The van der Waals surface area contributed by atoms with Crippen molar-refractivity contribution in [2.75, 3.05) is 32.9 Å². The maximum atomic E-state index is 12.3. The Hall–Kier alpha value is -1.55. The molecule has 0 atom stereocenters. The van der Waals surface area contributed by atoms with Crippen molar-refractivity contribution in [3.05, 3.63) is 29.3 Å². The topological polar surface area (TPSA) is 38.8 Å². The van der Waals surface area contributed by atoms with Gasteiger partial charge in [-0.25, -0.2) is 0 Å². The van der Waals surface area contributed by atoms with Crippen LogP contribution >= 0.6 is 0 Å². The first kappa shape index (κ1) is 12.9. The van der Waals surface area contributed by atoms with Crippen LogP contribution in [0.15, 0.2) is 18.2 Å². The van der Waals surface area contributed by atoms with E-state index in [1.807, 2.05) is 36.9 Å². The van der Waals surface area contributed by atoms with Gasteiger partial charge in [0.15, 0.2) is 0 Å². The van der Waals surface area contributed by atoms with E-state index >= 15 is 0 Å². The van der Waals surface area contributed by atoms with Gasteiger partial charge < -0.3 is 14.4 Å². The fourth-order valence-electron chi connectivity index (χ4n) is 2.05. The van der Waals surface area contributed by atoms with Crippen molar-refractivity contribution in [2.24, 2.45) is 0 Å². The number of hydrogen-bond acceptors (Lipinski definition) is 3. The molecule has 1 saturated heterocycles. The summed E-state index contributed by atoms with van der Waals surface area (Å²) in [4.78, 5) is 14.1. The van der Waals surface area contributed by atoms with Crippen LogP contribution < -0.4 is 4.74 Å². The van der Waals surface area contributed by atoms with Gasteiger partial charge in [0.2, 0.25) is 0 Å². The molecule has 1 aromatic rings. The summed E-state index contributed by atoms with van der Waals surface area (Å²) in [5, 5.41) is 0. The molecule has 98 valence electrons. The zero-order chi connectivity index (χ0) is 13.0. The Bertz CT molecular complexity index is 425. The zero-order valence-corrected chi connectivity index (χ0v) is 10.9. The van der Waals surface area contributed by atoms with Gasteiger partial charge in [-0.15, -0.1) is 0 Å². The van der Waals surface area contributed by atoms with E-state index in [1.54, 1.807) is 0 Å². The molecule has 0 unspecified atom stereocenters. The average Bonchev–Trinajstić information content (AvgIpc) is 2.41. The van der Waals surface area contributed by atoms with Gasteiger partial charge in [0, 0.05) is 18.7 Å². The van der Waals surface area contributed by atoms with Crippen molar-refractivity contribution in [3.63, 3.8) is 0 Å². The lowest BCUT2D eigenvalue weighted by Gasteiger charge is -2.27. The van der Waals surface area contributed by atoms with Crippen LogP contribution in [0.2, 0.25) is 0 Å². The number of aryl methyl sites for hydroxylation is 1. The van der Waals surface area contributed by atoms with Crippen LogP contribution in [-0.4, -0.2) is 43.7 Å². The molecule has 0 bridgehead atoms. The van der Waals surface area contributed by atoms with Crippen molar-refractivity contribution < 1.29 is 14.3 Å². The number of carbonyl (C=O) groups is 1. The van der Waals surface area contributed by atoms with Gasteiger partial charge in [-0.1, -0.05) is 0 Å². The maximum absolute atomic E-state index is 12.3. The Morgan fingerprint density at radius 1 is 1.39 bits per heavy atom. The molecule has 18 heavy (non-hydrogen) atoms. The fraction of sp³-hybridized carbons (Fsp3) is 0.500. The van der Waals surface area contributed by atoms with Gasteiger partial charge in [-0.05, 0) is 37.6 Å². The number of ether oxygens (including phenoxy) is 2. The molecular formula is C14H19NO3. The van der Waals surface area contributed by atoms with E-state index in [2.05, 4.69) is 0 Å². The molecule has 0 N–H and O–H groups in total. The summed E-state index contributed by atoms with van der Waals surface area (Å²) in [6.45, 7) is 7.14. The van der Waals surface area contributed by atoms with Crippen LogP contribution in [0.1, 0.15) is 22.8 Å². The van der Waals surface area contributed by atoms with Gasteiger partial charge in [-0.2, -0.15) is 0 Å². The van der Waals surface area contributed by atoms with Crippen molar-refractivity contribution in [1.29, 1.82) is 0 Å². The van der Waals surface area contributed by atoms with Crippen LogP contribution in [0.25, 0.3) is 0 Å². The second-order valence-electron chi connectivity index (χ2n) is 4.32. The van der Waals surface area contributed by atoms with Crippen LogP contribution in [0.3, 0.4) is 0 Å². The van der Waals surface area contributed by atoms with E-state index in [0.717, 1.165) is 16.9 Å². The smallest absolute Gasteiger partial charge is 0.254 e. The average molecular weight is 249 g/mol. The lowest BCUT2D eigenvalue weighted by Crippen LogP contribution is -2.40. The molecule has 0 spiro atoms. The molecule has 2 rings (SSSR count). The molecule has 4 nitrogen and oxygen atoms in total. The van der Waals surface area contributed by atoms with Gasteiger partial charge in [0.25, 0.3) is 5.91 Å². The maximum Gasteiger partial charge on any atom is 0.254 e. The fourth-order valence-corrected chi connectivity index (χ4v) is 2.05. The van der Waals surface area contributed by atoms with E-state index in [9.17, 15) is 4.79 Å². The van der Waals surface area contributed by atoms with Gasteiger partial charge >= 0.3 is 0 Å². The minimum absolute atomic E-state index is 0.0736. The number of morpholine rings is 1. The predicted octanol–water partition coefficient (Wildman–Crippen LogP) is 1.87. The quantitative estimate of drug-likeness (QED) is 0.821. The lowest BCUT2D eigenvalue weighted by atomic mass is 10.1. The highest BCUT2D eigenvalue weighted by atomic mass is 16.5. The molecule has 1 aromatic carbocycles. The monoisotopic (exact) mass is 249 g/mol. The van der Waals surface area contributed by atoms with Gasteiger partial charge in [0.1, 0.15) is 5.75 Å². The summed E-state index contributed by atoms with van der Waals surface area (Å²) in [6.07, 6.45) is 0. The van der Waals surface area contributed by atoms with E-state index in [0.29, 0.717) is 32.9 Å². The molecule has 0 aromatic heterocycles. The third-order valence-electron chi connectivity index (χ3n) is 3.02. The second-order valence-corrected chi connectivity index (χ2v) is 4.32. The van der Waals surface area contributed by atoms with E-state index in [1.165, 1.54) is 0 Å². The third kappa shape index (κ3) is 2.82. The van der Waals surface area contributed by atoms with E-state index in [4.69, 9.17) is 9.47 Å². The molecule has 0 aliphatic carbocycles. The summed E-state index contributed by atoms with van der Waals surface area (Å²) >= 11 is 0. The SMILES string of the molecule is CCOc1ccc(C(=O)N2CCOCC2)cc1C. The molecule has 1 amide bonds. The highest BCUT2D eigenvalue weighted by Gasteiger charge is 2.18. The first-order valence-corrected chi connectivity index (χ1v) is 6.33. The van der Waals surface area contributed by atoms with Crippen molar-refractivity contribution >= 4 is 5.91 Å². The summed E-state index contributed by atoms with van der Waals surface area (Å²) in [7, 11) is 0. The largest absolute Gasteiger partial charge is 0.494 e. The first-order chi connectivity index (χ1) is 8.72. The Morgan fingerprint density at radius 2 is 2.11 bits per heavy atom. The number of amides is 1. The molecule has 1 aliphatic heterocycles. The number of benzene rings is 1. The molecule has 1 fully saturated rings. The Labute approximate surface area is 107 Å². The van der Waals surface area contributed by atoms with Crippen LogP contribution in [0.4, 0.5) is 0 Å². The van der Waals surface area contributed by atoms with Crippen molar-refractivity contribution in [3.8, 4) is 5.75 Å². The standard InChI is InChI=1S/C14H19NO3/c1-3-18-13-5-4-12(10-11(13)2)14(16)15-6-8-17-9-7-15/h4-5,10H,3,6-9H2,1-2H3. The summed E-state index contributed by atoms with van der Waals surface area (Å²) in [5.74, 6) is 0.917. The predicted molar refractivity (Wildman–Crippen MR) is 69.1 cm³/mol. The first-order valence-electron chi connectivity index (χ1n) is 6.33. The van der Waals surface area contributed by atoms with E-state index < -0.39 is 0 Å². The Balaban J connectivity index is 2.12. The minimum Gasteiger partial charge on any atom is -0.494 e. The van der Waals surface area contributed by atoms with E-state index in [-0.39, 0.29) is 5.91 Å². The summed E-state index contributed by atoms with van der Waals surface area (Å²) < 4.78 is 10.7. The summed E-state index contributed by atoms with van der Waals surface area (Å²) in [5.41, 5.74) is 1.72. The van der Waals surface area contributed by atoms with Crippen LogP contribution in [0, 0.1) is 6.92 Å². The highest BCUT2D eigenvalue weighted by molar-refractivity contribution is 5.94. The lowest BCUT2D eigenvalue weighted by molar-refractivity contribution is 0.0303. The van der Waals surface area contributed by atoms with Gasteiger partial charge in [-0.3, -0.25) is 4.79 Å².